The zero-order valence-electron chi connectivity index (χ0n) is 19.6. The van der Waals surface area contributed by atoms with Gasteiger partial charge in [0.25, 0.3) is 0 Å². The number of rotatable bonds is 14. The Labute approximate surface area is 197 Å². The molecule has 0 bridgehead atoms. The normalized spacial score (nSPS) is 10.9. The quantitative estimate of drug-likeness (QED) is 0.107. The number of ether oxygens (including phenoxy) is 3. The van der Waals surface area contributed by atoms with E-state index >= 15 is 0 Å². The Morgan fingerprint density at radius 1 is 0.909 bits per heavy atom. The summed E-state index contributed by atoms with van der Waals surface area (Å²) in [5.41, 5.74) is 2.84. The molecule has 0 fully saturated rings. The standard InChI is InChI=1S/C28H33NO4/c1-22(2)28(30)33-19-9-7-5-4-6-8-18-32-27-14-10-23(11-15-27)20-25(21-29)24-12-16-26(31-3)17-13-24/h10-17,20H,1,4-9,18-19H2,2-3H3. The molecule has 0 aliphatic rings. The van der Waals surface area contributed by atoms with Gasteiger partial charge in [-0.2, -0.15) is 5.26 Å². The van der Waals surface area contributed by atoms with E-state index in [2.05, 4.69) is 12.6 Å². The number of allylic oxidation sites excluding steroid dienone is 1. The van der Waals surface area contributed by atoms with E-state index in [0.717, 1.165) is 61.2 Å². The lowest BCUT2D eigenvalue weighted by Crippen LogP contribution is -2.06. The second-order valence-corrected chi connectivity index (χ2v) is 7.85. The fourth-order valence-corrected chi connectivity index (χ4v) is 3.17. The van der Waals surface area contributed by atoms with Crippen LogP contribution in [0.5, 0.6) is 11.5 Å². The van der Waals surface area contributed by atoms with Gasteiger partial charge in [0, 0.05) is 5.57 Å². The van der Waals surface area contributed by atoms with Gasteiger partial charge >= 0.3 is 5.97 Å². The number of esters is 1. The number of carbonyl (C=O) groups excluding carboxylic acids is 1. The summed E-state index contributed by atoms with van der Waals surface area (Å²) < 4.78 is 16.1. The fraction of sp³-hybridized carbons (Fsp3) is 0.357. The van der Waals surface area contributed by atoms with Crippen molar-refractivity contribution in [1.82, 2.24) is 0 Å². The van der Waals surface area contributed by atoms with E-state index in [1.54, 1.807) is 14.0 Å². The largest absolute Gasteiger partial charge is 0.497 e. The third-order valence-electron chi connectivity index (χ3n) is 5.10. The van der Waals surface area contributed by atoms with Crippen molar-refractivity contribution in [2.75, 3.05) is 20.3 Å². The number of nitrogens with zero attached hydrogens (tertiary/aromatic N) is 1. The van der Waals surface area contributed by atoms with Crippen LogP contribution in [0, 0.1) is 11.3 Å². The van der Waals surface area contributed by atoms with Crippen molar-refractivity contribution < 1.29 is 19.0 Å². The lowest BCUT2D eigenvalue weighted by atomic mass is 10.0. The second kappa shape index (κ2) is 14.5. The molecule has 5 nitrogen and oxygen atoms in total. The first-order valence-electron chi connectivity index (χ1n) is 11.3. The van der Waals surface area contributed by atoms with Crippen molar-refractivity contribution in [3.05, 3.63) is 71.8 Å². The Hall–Kier alpha value is -3.52. The molecule has 2 rings (SSSR count). The van der Waals surface area contributed by atoms with Crippen molar-refractivity contribution in [3.8, 4) is 17.6 Å². The van der Waals surface area contributed by atoms with Crippen molar-refractivity contribution in [2.24, 2.45) is 0 Å². The zero-order chi connectivity index (χ0) is 23.9. The number of hydrogen-bond acceptors (Lipinski definition) is 5. The predicted octanol–water partition coefficient (Wildman–Crippen LogP) is 6.60. The molecule has 0 aromatic heterocycles. The van der Waals surface area contributed by atoms with Crippen LogP contribution in [0.2, 0.25) is 0 Å². The molecule has 0 aliphatic carbocycles. The van der Waals surface area contributed by atoms with Crippen LogP contribution >= 0.6 is 0 Å². The lowest BCUT2D eigenvalue weighted by Gasteiger charge is -2.07. The first kappa shape index (κ1) is 25.7. The molecule has 2 aromatic carbocycles. The lowest BCUT2D eigenvalue weighted by molar-refractivity contribution is -0.139. The average molecular weight is 448 g/mol. The van der Waals surface area contributed by atoms with Gasteiger partial charge in [0.1, 0.15) is 11.5 Å². The average Bonchev–Trinajstić information content (AvgIpc) is 2.84. The van der Waals surface area contributed by atoms with Gasteiger partial charge < -0.3 is 14.2 Å². The van der Waals surface area contributed by atoms with Crippen LogP contribution in [-0.4, -0.2) is 26.3 Å². The van der Waals surface area contributed by atoms with Crippen molar-refractivity contribution in [3.63, 3.8) is 0 Å². The Morgan fingerprint density at radius 2 is 1.48 bits per heavy atom. The van der Waals surface area contributed by atoms with Crippen LogP contribution in [0.3, 0.4) is 0 Å². The van der Waals surface area contributed by atoms with Gasteiger partial charge in [0.05, 0.1) is 32.0 Å². The Bertz CT molecular complexity index is 953. The molecule has 174 valence electrons. The first-order valence-corrected chi connectivity index (χ1v) is 11.3. The SMILES string of the molecule is C=C(C)C(=O)OCCCCCCCCOc1ccc(C=C(C#N)c2ccc(OC)cc2)cc1. The minimum atomic E-state index is -0.307. The minimum absolute atomic E-state index is 0.307. The Kier molecular flexibility index (Phi) is 11.3. The predicted molar refractivity (Wildman–Crippen MR) is 132 cm³/mol. The summed E-state index contributed by atoms with van der Waals surface area (Å²) in [4.78, 5) is 11.3. The highest BCUT2D eigenvalue weighted by Gasteiger charge is 2.03. The summed E-state index contributed by atoms with van der Waals surface area (Å²) in [6.45, 7) is 6.37. The summed E-state index contributed by atoms with van der Waals surface area (Å²) in [6, 6.07) is 17.5. The van der Waals surface area contributed by atoms with Gasteiger partial charge in [-0.15, -0.1) is 0 Å². The molecule has 5 heteroatoms. The molecule has 0 heterocycles. The van der Waals surface area contributed by atoms with Gasteiger partial charge in [-0.3, -0.25) is 0 Å². The highest BCUT2D eigenvalue weighted by atomic mass is 16.5. The van der Waals surface area contributed by atoms with E-state index in [4.69, 9.17) is 14.2 Å². The smallest absolute Gasteiger partial charge is 0.333 e. The minimum Gasteiger partial charge on any atom is -0.497 e. The van der Waals surface area contributed by atoms with Gasteiger partial charge in [0.15, 0.2) is 0 Å². The zero-order valence-corrected chi connectivity index (χ0v) is 19.6. The maximum atomic E-state index is 11.3. The van der Waals surface area contributed by atoms with Crippen LogP contribution < -0.4 is 9.47 Å². The third kappa shape index (κ3) is 9.65. The number of methoxy groups -OCH3 is 1. The molecule has 0 saturated carbocycles. The highest BCUT2D eigenvalue weighted by Crippen LogP contribution is 2.22. The molecule has 33 heavy (non-hydrogen) atoms. The van der Waals surface area contributed by atoms with E-state index < -0.39 is 0 Å². The monoisotopic (exact) mass is 447 g/mol. The van der Waals surface area contributed by atoms with Gasteiger partial charge in [-0.25, -0.2) is 4.79 Å². The van der Waals surface area contributed by atoms with Crippen LogP contribution in [0.1, 0.15) is 56.6 Å². The number of unbranched alkanes of at least 4 members (excludes halogenated alkanes) is 5. The summed E-state index contributed by atoms with van der Waals surface area (Å²) >= 11 is 0. The maximum absolute atomic E-state index is 11.3. The number of hydrogen-bond donors (Lipinski definition) is 0. The molecule has 0 radical (unpaired) electrons. The van der Waals surface area contributed by atoms with E-state index in [9.17, 15) is 10.1 Å². The van der Waals surface area contributed by atoms with E-state index in [1.807, 2.05) is 54.6 Å². The molecular formula is C28H33NO4. The Balaban J connectivity index is 1.65. The number of nitriles is 1. The molecule has 0 N–H and O–H groups in total. The summed E-state index contributed by atoms with van der Waals surface area (Å²) in [7, 11) is 1.62. The molecular weight excluding hydrogens is 414 g/mol. The summed E-state index contributed by atoms with van der Waals surface area (Å²) in [5.74, 6) is 1.28. The Morgan fingerprint density at radius 3 is 2.06 bits per heavy atom. The van der Waals surface area contributed by atoms with Crippen molar-refractivity contribution >= 4 is 17.6 Å². The molecule has 0 saturated heterocycles. The van der Waals surface area contributed by atoms with E-state index in [1.165, 1.54) is 0 Å². The number of carbonyl (C=O) groups is 1. The van der Waals surface area contributed by atoms with E-state index in [0.29, 0.717) is 24.4 Å². The van der Waals surface area contributed by atoms with E-state index in [-0.39, 0.29) is 5.97 Å². The molecule has 0 atom stereocenters. The summed E-state index contributed by atoms with van der Waals surface area (Å²) in [6.07, 6.45) is 8.20. The fourth-order valence-electron chi connectivity index (χ4n) is 3.17. The molecule has 2 aromatic rings. The third-order valence-corrected chi connectivity index (χ3v) is 5.10. The first-order chi connectivity index (χ1) is 16.0. The van der Waals surface area contributed by atoms with Crippen LogP contribution in [0.15, 0.2) is 60.7 Å². The molecule has 0 aliphatic heterocycles. The summed E-state index contributed by atoms with van der Waals surface area (Å²) in [5, 5.41) is 9.51. The molecule has 0 amide bonds. The van der Waals surface area contributed by atoms with Crippen molar-refractivity contribution in [1.29, 1.82) is 5.26 Å². The topological polar surface area (TPSA) is 68.5 Å². The highest BCUT2D eigenvalue weighted by molar-refractivity contribution is 5.89. The van der Waals surface area contributed by atoms with Gasteiger partial charge in [-0.1, -0.05) is 44.4 Å². The van der Waals surface area contributed by atoms with Crippen LogP contribution in [-0.2, 0) is 9.53 Å². The molecule has 0 unspecified atom stereocenters. The molecule has 0 spiro atoms. The van der Waals surface area contributed by atoms with Gasteiger partial charge in [-0.05, 0) is 73.4 Å². The van der Waals surface area contributed by atoms with Crippen molar-refractivity contribution in [2.45, 2.75) is 45.4 Å². The maximum Gasteiger partial charge on any atom is 0.333 e. The van der Waals surface area contributed by atoms with Crippen LogP contribution in [0.4, 0.5) is 0 Å². The van der Waals surface area contributed by atoms with Crippen LogP contribution in [0.25, 0.3) is 11.6 Å². The van der Waals surface area contributed by atoms with Gasteiger partial charge in [0.2, 0.25) is 0 Å². The second-order valence-electron chi connectivity index (χ2n) is 7.85. The number of benzene rings is 2.